The van der Waals surface area contributed by atoms with E-state index in [0.717, 1.165) is 17.3 Å². The van der Waals surface area contributed by atoms with E-state index < -0.39 is 16.9 Å². The van der Waals surface area contributed by atoms with Crippen molar-refractivity contribution in [1.29, 1.82) is 0 Å². The Morgan fingerprint density at radius 2 is 2.04 bits per heavy atom. The fourth-order valence-electron chi connectivity index (χ4n) is 3.54. The molecule has 6 heteroatoms. The van der Waals surface area contributed by atoms with Crippen LogP contribution in [0.1, 0.15) is 38.3 Å². The van der Waals surface area contributed by atoms with E-state index >= 15 is 0 Å². The Bertz CT molecular complexity index is 847. The Kier molecular flexibility index (Phi) is 4.52. The van der Waals surface area contributed by atoms with E-state index in [-0.39, 0.29) is 11.6 Å². The summed E-state index contributed by atoms with van der Waals surface area (Å²) in [5.41, 5.74) is 0.309. The second-order valence-electron chi connectivity index (χ2n) is 7.56. The summed E-state index contributed by atoms with van der Waals surface area (Å²) in [4.78, 5) is 30.6. The average Bonchev–Trinajstić information content (AvgIpc) is 2.95. The maximum Gasteiger partial charge on any atom is 0.251 e. The minimum absolute atomic E-state index is 0.251. The number of hydrogen-bond acceptors (Lipinski definition) is 3. The van der Waals surface area contributed by atoms with Gasteiger partial charge in [0.15, 0.2) is 5.54 Å². The van der Waals surface area contributed by atoms with Crippen LogP contribution in [0.25, 0.3) is 0 Å². The van der Waals surface area contributed by atoms with E-state index in [4.69, 9.17) is 0 Å². The van der Waals surface area contributed by atoms with Crippen LogP contribution in [-0.4, -0.2) is 22.8 Å². The zero-order valence-electron chi connectivity index (χ0n) is 15.1. The summed E-state index contributed by atoms with van der Waals surface area (Å²) < 4.78 is 13.7. The van der Waals surface area contributed by atoms with E-state index in [1.54, 1.807) is 0 Å². The van der Waals surface area contributed by atoms with Crippen LogP contribution in [-0.2, 0) is 21.5 Å². The van der Waals surface area contributed by atoms with Crippen molar-refractivity contribution in [1.82, 2.24) is 10.3 Å². The number of pyridine rings is 1. The molecule has 1 unspecified atom stereocenters. The van der Waals surface area contributed by atoms with Crippen LogP contribution in [0.5, 0.6) is 0 Å². The van der Waals surface area contributed by atoms with E-state index in [1.807, 2.05) is 45.0 Å². The molecule has 0 saturated heterocycles. The Balaban J connectivity index is 2.18. The molecule has 26 heavy (non-hydrogen) atoms. The van der Waals surface area contributed by atoms with Gasteiger partial charge in [0, 0.05) is 11.6 Å². The van der Waals surface area contributed by atoms with Gasteiger partial charge in [-0.05, 0) is 44.7 Å². The number of rotatable bonds is 4. The third kappa shape index (κ3) is 3.07. The van der Waals surface area contributed by atoms with E-state index in [0.29, 0.717) is 19.3 Å². The van der Waals surface area contributed by atoms with Crippen LogP contribution < -0.4 is 10.2 Å². The van der Waals surface area contributed by atoms with E-state index in [1.165, 1.54) is 17.2 Å². The number of hydrogen-bond donors (Lipinski definition) is 1. The standard InChI is InChI=1S/C20H22FN3O2/c1-19(2,3)23-18(26)20(9-8-14-6-4-5-7-17(14)20)24(13-25)16-10-15(21)11-22-12-16/h4-7,10-13H,8-9H2,1-3H3,(H,23,26). The van der Waals surface area contributed by atoms with E-state index in [9.17, 15) is 14.0 Å². The molecule has 1 aliphatic carbocycles. The first-order chi connectivity index (χ1) is 12.3. The minimum Gasteiger partial charge on any atom is -0.349 e. The molecule has 136 valence electrons. The zero-order valence-corrected chi connectivity index (χ0v) is 15.1. The molecular formula is C20H22FN3O2. The molecular weight excluding hydrogens is 333 g/mol. The minimum atomic E-state index is -1.24. The van der Waals surface area contributed by atoms with Gasteiger partial charge in [0.1, 0.15) is 5.82 Å². The van der Waals surface area contributed by atoms with Crippen LogP contribution in [0, 0.1) is 5.82 Å². The molecule has 0 spiro atoms. The molecule has 1 N–H and O–H groups in total. The fourth-order valence-corrected chi connectivity index (χ4v) is 3.54. The summed E-state index contributed by atoms with van der Waals surface area (Å²) in [5.74, 6) is -0.849. The second kappa shape index (κ2) is 6.52. The number of fused-ring (bicyclic) bond motifs is 1. The number of benzene rings is 1. The van der Waals surface area contributed by atoms with Gasteiger partial charge in [-0.1, -0.05) is 24.3 Å². The van der Waals surface area contributed by atoms with E-state index in [2.05, 4.69) is 10.3 Å². The summed E-state index contributed by atoms with van der Waals surface area (Å²) in [7, 11) is 0. The van der Waals surface area contributed by atoms with Gasteiger partial charge >= 0.3 is 0 Å². The SMILES string of the molecule is CC(C)(C)NC(=O)C1(N(C=O)c2cncc(F)c2)CCc2ccccc21. The van der Waals surface area contributed by atoms with Crippen LogP contribution in [0.15, 0.2) is 42.7 Å². The maximum absolute atomic E-state index is 13.7. The van der Waals surface area contributed by atoms with Gasteiger partial charge in [-0.15, -0.1) is 0 Å². The number of anilines is 1. The van der Waals surface area contributed by atoms with Crippen molar-refractivity contribution in [3.05, 3.63) is 59.7 Å². The molecule has 1 aromatic heterocycles. The molecule has 1 aliphatic rings. The molecule has 0 bridgehead atoms. The topological polar surface area (TPSA) is 62.3 Å². The van der Waals surface area contributed by atoms with Crippen molar-refractivity contribution in [2.75, 3.05) is 4.90 Å². The number of aryl methyl sites for hydroxylation is 1. The van der Waals surface area contributed by atoms with Gasteiger partial charge in [0.2, 0.25) is 6.41 Å². The maximum atomic E-state index is 13.7. The second-order valence-corrected chi connectivity index (χ2v) is 7.56. The molecule has 0 fully saturated rings. The average molecular weight is 355 g/mol. The van der Waals surface area contributed by atoms with Crippen LogP contribution in [0.3, 0.4) is 0 Å². The lowest BCUT2D eigenvalue weighted by Crippen LogP contribution is -2.58. The third-order valence-electron chi connectivity index (χ3n) is 4.57. The molecule has 1 atom stereocenters. The van der Waals surface area contributed by atoms with Crippen molar-refractivity contribution in [3.8, 4) is 0 Å². The summed E-state index contributed by atoms with van der Waals surface area (Å²) >= 11 is 0. The fraction of sp³-hybridized carbons (Fsp3) is 0.350. The van der Waals surface area contributed by atoms with Gasteiger partial charge in [-0.3, -0.25) is 19.5 Å². The van der Waals surface area contributed by atoms with Gasteiger partial charge in [-0.2, -0.15) is 0 Å². The monoisotopic (exact) mass is 355 g/mol. The third-order valence-corrected chi connectivity index (χ3v) is 4.57. The predicted octanol–water partition coefficient (Wildman–Crippen LogP) is 2.94. The lowest BCUT2D eigenvalue weighted by molar-refractivity contribution is -0.130. The Labute approximate surface area is 152 Å². The first kappa shape index (κ1) is 18.0. The molecule has 1 aromatic carbocycles. The lowest BCUT2D eigenvalue weighted by atomic mass is 9.87. The van der Waals surface area contributed by atoms with Crippen molar-refractivity contribution in [2.45, 2.75) is 44.7 Å². The summed E-state index contributed by atoms with van der Waals surface area (Å²) in [6.07, 6.45) is 4.12. The molecule has 2 amide bonds. The molecule has 2 aromatic rings. The zero-order chi connectivity index (χ0) is 18.9. The summed E-state index contributed by atoms with van der Waals surface area (Å²) in [5, 5.41) is 2.99. The Morgan fingerprint density at radius 3 is 2.69 bits per heavy atom. The number of halogens is 1. The largest absolute Gasteiger partial charge is 0.349 e. The van der Waals surface area contributed by atoms with Crippen molar-refractivity contribution in [3.63, 3.8) is 0 Å². The highest BCUT2D eigenvalue weighted by atomic mass is 19.1. The van der Waals surface area contributed by atoms with Crippen LogP contribution in [0.4, 0.5) is 10.1 Å². The smallest absolute Gasteiger partial charge is 0.251 e. The summed E-state index contributed by atoms with van der Waals surface area (Å²) in [6, 6.07) is 8.78. The lowest BCUT2D eigenvalue weighted by Gasteiger charge is -2.40. The number of nitrogens with zero attached hydrogens (tertiary/aromatic N) is 2. The highest BCUT2D eigenvalue weighted by Crippen LogP contribution is 2.43. The van der Waals surface area contributed by atoms with Crippen LogP contribution in [0.2, 0.25) is 0 Å². The molecule has 0 radical (unpaired) electrons. The Morgan fingerprint density at radius 1 is 1.31 bits per heavy atom. The number of nitrogens with one attached hydrogen (secondary N) is 1. The number of carbonyl (C=O) groups excluding carboxylic acids is 2. The first-order valence-electron chi connectivity index (χ1n) is 8.54. The predicted molar refractivity (Wildman–Crippen MR) is 97.1 cm³/mol. The van der Waals surface area contributed by atoms with Crippen LogP contribution >= 0.6 is 0 Å². The number of amides is 2. The van der Waals surface area contributed by atoms with Crippen molar-refractivity contribution >= 4 is 18.0 Å². The van der Waals surface area contributed by atoms with Crippen molar-refractivity contribution in [2.24, 2.45) is 0 Å². The van der Waals surface area contributed by atoms with Gasteiger partial charge in [-0.25, -0.2) is 4.39 Å². The quantitative estimate of drug-likeness (QED) is 0.858. The number of aromatic nitrogens is 1. The molecule has 3 rings (SSSR count). The first-order valence-corrected chi connectivity index (χ1v) is 8.54. The normalized spacial score (nSPS) is 18.9. The van der Waals surface area contributed by atoms with Gasteiger partial charge in [0.05, 0.1) is 18.1 Å². The molecule has 0 aliphatic heterocycles. The highest BCUT2D eigenvalue weighted by Gasteiger charge is 2.51. The highest BCUT2D eigenvalue weighted by molar-refractivity contribution is 5.98. The summed E-state index contributed by atoms with van der Waals surface area (Å²) in [6.45, 7) is 5.65. The van der Waals surface area contributed by atoms with Gasteiger partial charge < -0.3 is 5.32 Å². The number of carbonyl (C=O) groups is 2. The molecule has 0 saturated carbocycles. The molecule has 5 nitrogen and oxygen atoms in total. The Hall–Kier alpha value is -2.76. The van der Waals surface area contributed by atoms with Crippen molar-refractivity contribution < 1.29 is 14.0 Å². The van der Waals surface area contributed by atoms with Gasteiger partial charge in [0.25, 0.3) is 5.91 Å². The molecule has 1 heterocycles.